The van der Waals surface area contributed by atoms with Crippen molar-refractivity contribution >= 4 is 28.9 Å². The van der Waals surface area contributed by atoms with Gasteiger partial charge in [0, 0.05) is 12.2 Å². The molecule has 5 heteroatoms. The normalized spacial score (nSPS) is 15.8. The molecule has 1 aromatic rings. The zero-order valence-corrected chi connectivity index (χ0v) is 12.7. The fourth-order valence-electron chi connectivity index (χ4n) is 2.58. The van der Waals surface area contributed by atoms with Crippen molar-refractivity contribution < 1.29 is 9.53 Å². The van der Waals surface area contributed by atoms with Gasteiger partial charge in [-0.2, -0.15) is 0 Å². The molecule has 2 rings (SSSR count). The Labute approximate surface area is 124 Å². The van der Waals surface area contributed by atoms with Gasteiger partial charge in [0.15, 0.2) is 0 Å². The minimum atomic E-state index is -0.429. The highest BCUT2D eigenvalue weighted by Crippen LogP contribution is 2.49. The average Bonchev–Trinajstić information content (AvgIpc) is 3.16. The van der Waals surface area contributed by atoms with Gasteiger partial charge in [-0.25, -0.2) is 4.79 Å². The van der Waals surface area contributed by atoms with Crippen LogP contribution in [-0.4, -0.2) is 19.6 Å². The fraction of sp³-hybridized carbons (Fsp3) is 0.533. The van der Waals surface area contributed by atoms with Crippen LogP contribution in [-0.2, 0) is 4.74 Å². The van der Waals surface area contributed by atoms with E-state index in [9.17, 15) is 4.79 Å². The number of carbonyl (C=O) groups is 1. The molecule has 20 heavy (non-hydrogen) atoms. The van der Waals surface area contributed by atoms with Crippen LogP contribution in [0.4, 0.5) is 11.4 Å². The average molecular weight is 297 g/mol. The molecule has 0 heterocycles. The summed E-state index contributed by atoms with van der Waals surface area (Å²) in [5.41, 5.74) is 7.58. The van der Waals surface area contributed by atoms with E-state index < -0.39 is 5.97 Å². The molecule has 0 saturated heterocycles. The number of nitrogen functional groups attached to an aromatic ring is 1. The molecule has 0 aliphatic heterocycles. The number of hydrogen-bond acceptors (Lipinski definition) is 4. The Bertz CT molecular complexity index is 513. The highest BCUT2D eigenvalue weighted by atomic mass is 35.5. The van der Waals surface area contributed by atoms with Gasteiger partial charge in [-0.3, -0.25) is 0 Å². The predicted octanol–water partition coefficient (Wildman–Crippen LogP) is 3.70. The lowest BCUT2D eigenvalue weighted by Crippen LogP contribution is -2.18. The van der Waals surface area contributed by atoms with Gasteiger partial charge in [-0.1, -0.05) is 24.9 Å². The van der Waals surface area contributed by atoms with Crippen molar-refractivity contribution in [2.75, 3.05) is 24.7 Å². The number of hydrogen-bond donors (Lipinski definition) is 2. The molecule has 1 aliphatic carbocycles. The molecular weight excluding hydrogens is 276 g/mol. The molecule has 110 valence electrons. The topological polar surface area (TPSA) is 64.3 Å². The number of benzene rings is 1. The van der Waals surface area contributed by atoms with E-state index in [4.69, 9.17) is 22.1 Å². The van der Waals surface area contributed by atoms with Gasteiger partial charge in [-0.05, 0) is 36.8 Å². The van der Waals surface area contributed by atoms with Crippen molar-refractivity contribution in [2.45, 2.75) is 32.6 Å². The SMILES string of the molecule is CCCC1(CNc2c(Cl)cc(N)cc2C(=O)OC)CC1. The molecule has 0 spiro atoms. The van der Waals surface area contributed by atoms with Crippen LogP contribution in [0.2, 0.25) is 5.02 Å². The first kappa shape index (κ1) is 15.0. The Morgan fingerprint density at radius 3 is 2.75 bits per heavy atom. The maximum atomic E-state index is 11.8. The van der Waals surface area contributed by atoms with E-state index in [1.807, 2.05) is 0 Å². The van der Waals surface area contributed by atoms with Gasteiger partial charge in [-0.15, -0.1) is 0 Å². The van der Waals surface area contributed by atoms with Crippen LogP contribution in [0.5, 0.6) is 0 Å². The maximum absolute atomic E-state index is 11.8. The Kier molecular flexibility index (Phi) is 4.43. The summed E-state index contributed by atoms with van der Waals surface area (Å²) < 4.78 is 4.79. The lowest BCUT2D eigenvalue weighted by molar-refractivity contribution is 0.0602. The monoisotopic (exact) mass is 296 g/mol. The number of nitrogens with two attached hydrogens (primary N) is 1. The Morgan fingerprint density at radius 1 is 1.50 bits per heavy atom. The van der Waals surface area contributed by atoms with Crippen LogP contribution in [0.3, 0.4) is 0 Å². The summed E-state index contributed by atoms with van der Waals surface area (Å²) in [6, 6.07) is 3.25. The standard InChI is InChI=1S/C15H21ClN2O2/c1-3-4-15(5-6-15)9-18-13-11(14(19)20-2)7-10(17)8-12(13)16/h7-8,18H,3-6,9,17H2,1-2H3. The van der Waals surface area contributed by atoms with Gasteiger partial charge in [0.1, 0.15) is 0 Å². The predicted molar refractivity (Wildman–Crippen MR) is 82.3 cm³/mol. The van der Waals surface area contributed by atoms with Gasteiger partial charge < -0.3 is 15.8 Å². The molecule has 0 bridgehead atoms. The molecule has 1 aliphatic rings. The first-order valence-electron chi connectivity index (χ1n) is 6.92. The van der Waals surface area contributed by atoms with Crippen molar-refractivity contribution in [1.82, 2.24) is 0 Å². The quantitative estimate of drug-likeness (QED) is 0.620. The summed E-state index contributed by atoms with van der Waals surface area (Å²) in [7, 11) is 1.35. The zero-order valence-electron chi connectivity index (χ0n) is 12.0. The van der Waals surface area contributed by atoms with Crippen molar-refractivity contribution in [1.29, 1.82) is 0 Å². The lowest BCUT2D eigenvalue weighted by Gasteiger charge is -2.19. The molecule has 0 atom stereocenters. The Hall–Kier alpha value is -1.42. The van der Waals surface area contributed by atoms with Crippen LogP contribution in [0, 0.1) is 5.41 Å². The third-order valence-electron chi connectivity index (χ3n) is 3.90. The number of anilines is 2. The minimum absolute atomic E-state index is 0.368. The number of methoxy groups -OCH3 is 1. The van der Waals surface area contributed by atoms with Crippen molar-refractivity contribution in [3.8, 4) is 0 Å². The van der Waals surface area contributed by atoms with Crippen molar-refractivity contribution in [3.05, 3.63) is 22.7 Å². The van der Waals surface area contributed by atoms with E-state index in [0.29, 0.717) is 27.4 Å². The third-order valence-corrected chi connectivity index (χ3v) is 4.19. The first-order chi connectivity index (χ1) is 9.51. The maximum Gasteiger partial charge on any atom is 0.340 e. The van der Waals surface area contributed by atoms with Crippen LogP contribution >= 0.6 is 11.6 Å². The van der Waals surface area contributed by atoms with Gasteiger partial charge in [0.25, 0.3) is 0 Å². The van der Waals surface area contributed by atoms with Crippen molar-refractivity contribution in [3.63, 3.8) is 0 Å². The number of nitrogens with one attached hydrogen (secondary N) is 1. The van der Waals surface area contributed by atoms with E-state index in [-0.39, 0.29) is 0 Å². The molecule has 3 N–H and O–H groups in total. The van der Waals surface area contributed by atoms with E-state index in [0.717, 1.165) is 6.54 Å². The number of esters is 1. The third kappa shape index (κ3) is 3.18. The summed E-state index contributed by atoms with van der Waals surface area (Å²) in [5, 5.41) is 3.78. The molecule has 1 fully saturated rings. The molecule has 1 aromatic carbocycles. The van der Waals surface area contributed by atoms with E-state index in [2.05, 4.69) is 12.2 Å². The summed E-state index contributed by atoms with van der Waals surface area (Å²) in [4.78, 5) is 11.8. The molecule has 0 amide bonds. The summed E-state index contributed by atoms with van der Waals surface area (Å²) in [5.74, 6) is -0.429. The smallest absolute Gasteiger partial charge is 0.340 e. The number of ether oxygens (including phenoxy) is 1. The van der Waals surface area contributed by atoms with Gasteiger partial charge in [0.05, 0.1) is 23.4 Å². The first-order valence-corrected chi connectivity index (χ1v) is 7.30. The second kappa shape index (κ2) is 5.92. The molecule has 0 unspecified atom stereocenters. The molecule has 0 aromatic heterocycles. The summed E-state index contributed by atoms with van der Waals surface area (Å²) in [6.07, 6.45) is 4.82. The Balaban J connectivity index is 2.20. The zero-order chi connectivity index (χ0) is 14.8. The number of rotatable bonds is 6. The van der Waals surface area contributed by atoms with Crippen LogP contribution in [0.1, 0.15) is 43.0 Å². The molecule has 0 radical (unpaired) electrons. The highest BCUT2D eigenvalue weighted by Gasteiger charge is 2.41. The van der Waals surface area contributed by atoms with Gasteiger partial charge >= 0.3 is 5.97 Å². The molecule has 4 nitrogen and oxygen atoms in total. The fourth-order valence-corrected chi connectivity index (χ4v) is 2.87. The van der Waals surface area contributed by atoms with E-state index in [1.54, 1.807) is 12.1 Å². The minimum Gasteiger partial charge on any atom is -0.465 e. The second-order valence-corrected chi connectivity index (χ2v) is 5.93. The second-order valence-electron chi connectivity index (χ2n) is 5.52. The van der Waals surface area contributed by atoms with Crippen LogP contribution < -0.4 is 11.1 Å². The molecule has 1 saturated carbocycles. The van der Waals surface area contributed by atoms with Crippen molar-refractivity contribution in [2.24, 2.45) is 5.41 Å². The Morgan fingerprint density at radius 2 is 2.20 bits per heavy atom. The number of halogens is 1. The van der Waals surface area contributed by atoms with Crippen LogP contribution in [0.15, 0.2) is 12.1 Å². The lowest BCUT2D eigenvalue weighted by atomic mass is 10.0. The van der Waals surface area contributed by atoms with Crippen LogP contribution in [0.25, 0.3) is 0 Å². The van der Waals surface area contributed by atoms with Gasteiger partial charge in [0.2, 0.25) is 0 Å². The largest absolute Gasteiger partial charge is 0.465 e. The highest BCUT2D eigenvalue weighted by molar-refractivity contribution is 6.34. The number of carbonyl (C=O) groups excluding carboxylic acids is 1. The van der Waals surface area contributed by atoms with E-state index >= 15 is 0 Å². The summed E-state index contributed by atoms with van der Waals surface area (Å²) >= 11 is 6.21. The van der Waals surface area contributed by atoms with E-state index in [1.165, 1.54) is 32.8 Å². The molecular formula is C15H21ClN2O2. The summed E-state index contributed by atoms with van der Waals surface area (Å²) in [6.45, 7) is 3.02.